The number of hydrogen-bond acceptors (Lipinski definition) is 5. The third kappa shape index (κ3) is 6.98. The van der Waals surface area contributed by atoms with Gasteiger partial charge in [-0.2, -0.15) is 5.26 Å². The van der Waals surface area contributed by atoms with Crippen LogP contribution in [0, 0.1) is 11.3 Å². The number of nitrogen functional groups attached to an aromatic ring is 1. The lowest BCUT2D eigenvalue weighted by atomic mass is 10.3. The lowest BCUT2D eigenvalue weighted by Gasteiger charge is -2.20. The van der Waals surface area contributed by atoms with Crippen molar-refractivity contribution in [3.63, 3.8) is 0 Å². The fourth-order valence-corrected chi connectivity index (χ4v) is 1.85. The Morgan fingerprint density at radius 3 is 2.80 bits per heavy atom. The van der Waals surface area contributed by atoms with Crippen molar-refractivity contribution in [2.24, 2.45) is 0 Å². The summed E-state index contributed by atoms with van der Waals surface area (Å²) < 4.78 is 10.7. The SMILES string of the molecule is COCCN(CCC#N)CCCOc1cccc(N)c1. The average molecular weight is 277 g/mol. The van der Waals surface area contributed by atoms with Crippen LogP contribution in [0.2, 0.25) is 0 Å². The third-order valence-corrected chi connectivity index (χ3v) is 2.90. The van der Waals surface area contributed by atoms with Gasteiger partial charge in [-0.25, -0.2) is 0 Å². The van der Waals surface area contributed by atoms with Crippen LogP contribution in [0.1, 0.15) is 12.8 Å². The minimum Gasteiger partial charge on any atom is -0.493 e. The molecule has 1 rings (SSSR count). The summed E-state index contributed by atoms with van der Waals surface area (Å²) in [7, 11) is 1.69. The van der Waals surface area contributed by atoms with Gasteiger partial charge in [0, 0.05) is 44.9 Å². The Bertz CT molecular complexity index is 418. The van der Waals surface area contributed by atoms with Crippen molar-refractivity contribution in [1.82, 2.24) is 4.90 Å². The second-order valence-corrected chi connectivity index (χ2v) is 4.52. The van der Waals surface area contributed by atoms with Gasteiger partial charge in [0.1, 0.15) is 5.75 Å². The van der Waals surface area contributed by atoms with Gasteiger partial charge in [-0.3, -0.25) is 4.90 Å². The van der Waals surface area contributed by atoms with Gasteiger partial charge in [0.25, 0.3) is 0 Å². The Morgan fingerprint density at radius 1 is 1.25 bits per heavy atom. The summed E-state index contributed by atoms with van der Waals surface area (Å²) in [4.78, 5) is 2.22. The fraction of sp³-hybridized carbons (Fsp3) is 0.533. The normalized spacial score (nSPS) is 10.4. The largest absolute Gasteiger partial charge is 0.493 e. The number of benzene rings is 1. The lowest BCUT2D eigenvalue weighted by molar-refractivity contribution is 0.144. The molecule has 5 heteroatoms. The van der Waals surface area contributed by atoms with Gasteiger partial charge < -0.3 is 15.2 Å². The zero-order valence-corrected chi connectivity index (χ0v) is 12.0. The maximum Gasteiger partial charge on any atom is 0.121 e. The number of methoxy groups -OCH3 is 1. The summed E-state index contributed by atoms with van der Waals surface area (Å²) in [5.41, 5.74) is 6.39. The van der Waals surface area contributed by atoms with Crippen LogP contribution < -0.4 is 10.5 Å². The summed E-state index contributed by atoms with van der Waals surface area (Å²) in [5, 5.41) is 8.64. The van der Waals surface area contributed by atoms with Gasteiger partial charge in [0.15, 0.2) is 0 Å². The first kappa shape index (κ1) is 16.3. The highest BCUT2D eigenvalue weighted by Gasteiger charge is 2.04. The average Bonchev–Trinajstić information content (AvgIpc) is 2.45. The van der Waals surface area contributed by atoms with Crippen LogP contribution in [0.15, 0.2) is 24.3 Å². The van der Waals surface area contributed by atoms with Crippen LogP contribution in [0.25, 0.3) is 0 Å². The van der Waals surface area contributed by atoms with E-state index in [9.17, 15) is 0 Å². The van der Waals surface area contributed by atoms with Gasteiger partial charge in [0.2, 0.25) is 0 Å². The van der Waals surface area contributed by atoms with Gasteiger partial charge in [-0.15, -0.1) is 0 Å². The highest BCUT2D eigenvalue weighted by Crippen LogP contribution is 2.14. The van der Waals surface area contributed by atoms with Gasteiger partial charge >= 0.3 is 0 Å². The minimum atomic E-state index is 0.541. The predicted octanol–water partition coefficient (Wildman–Crippen LogP) is 1.90. The first-order valence-corrected chi connectivity index (χ1v) is 6.83. The molecule has 0 amide bonds. The van der Waals surface area contributed by atoms with Crippen molar-refractivity contribution in [3.8, 4) is 11.8 Å². The van der Waals surface area contributed by atoms with E-state index in [1.807, 2.05) is 24.3 Å². The van der Waals surface area contributed by atoms with E-state index in [-0.39, 0.29) is 0 Å². The molecule has 1 aromatic carbocycles. The van der Waals surface area contributed by atoms with Crippen LogP contribution >= 0.6 is 0 Å². The number of hydrogen-bond donors (Lipinski definition) is 1. The molecule has 0 unspecified atom stereocenters. The summed E-state index contributed by atoms with van der Waals surface area (Å²) in [5.74, 6) is 0.797. The zero-order chi connectivity index (χ0) is 14.6. The summed E-state index contributed by atoms with van der Waals surface area (Å²) in [6.07, 6.45) is 1.45. The van der Waals surface area contributed by atoms with E-state index in [2.05, 4.69) is 11.0 Å². The van der Waals surface area contributed by atoms with Crippen molar-refractivity contribution >= 4 is 5.69 Å². The molecule has 0 bridgehead atoms. The number of anilines is 1. The predicted molar refractivity (Wildman–Crippen MR) is 79.5 cm³/mol. The van der Waals surface area contributed by atoms with Crippen molar-refractivity contribution in [3.05, 3.63) is 24.3 Å². The standard InChI is InChI=1S/C15H23N3O2/c1-19-12-10-18(8-3-7-16)9-4-11-20-15-6-2-5-14(17)13-15/h2,5-6,13H,3-4,8-12,17H2,1H3. The number of nitrogens with two attached hydrogens (primary N) is 1. The molecule has 0 saturated heterocycles. The summed E-state index contributed by atoms with van der Waals surface area (Å²) in [6, 6.07) is 9.60. The number of nitrogens with zero attached hydrogens (tertiary/aromatic N) is 2. The Balaban J connectivity index is 2.23. The van der Waals surface area contributed by atoms with E-state index in [1.165, 1.54) is 0 Å². The van der Waals surface area contributed by atoms with Crippen molar-refractivity contribution in [1.29, 1.82) is 5.26 Å². The molecule has 110 valence electrons. The summed E-state index contributed by atoms with van der Waals surface area (Å²) >= 11 is 0. The second-order valence-electron chi connectivity index (χ2n) is 4.52. The molecular formula is C15H23N3O2. The molecule has 0 aromatic heterocycles. The highest BCUT2D eigenvalue weighted by molar-refractivity contribution is 5.43. The zero-order valence-electron chi connectivity index (χ0n) is 12.0. The Hall–Kier alpha value is -1.77. The molecule has 20 heavy (non-hydrogen) atoms. The molecule has 1 aromatic rings. The van der Waals surface area contributed by atoms with Crippen LogP contribution in [0.4, 0.5) is 5.69 Å². The van der Waals surface area contributed by atoms with E-state index >= 15 is 0 Å². The van der Waals surface area contributed by atoms with Gasteiger partial charge in [-0.05, 0) is 18.6 Å². The molecule has 0 aliphatic heterocycles. The Labute approximate surface area is 120 Å². The topological polar surface area (TPSA) is 71.5 Å². The minimum absolute atomic E-state index is 0.541. The van der Waals surface area contributed by atoms with Gasteiger partial charge in [0.05, 0.1) is 19.3 Å². The Kier molecular flexibility index (Phi) is 8.20. The monoisotopic (exact) mass is 277 g/mol. The molecule has 0 radical (unpaired) electrons. The van der Waals surface area contributed by atoms with Crippen LogP contribution in [0.5, 0.6) is 5.75 Å². The Morgan fingerprint density at radius 2 is 2.10 bits per heavy atom. The van der Waals surface area contributed by atoms with Crippen molar-refractivity contribution in [2.75, 3.05) is 45.7 Å². The van der Waals surface area contributed by atoms with E-state index < -0.39 is 0 Å². The number of nitriles is 1. The first-order chi connectivity index (χ1) is 9.76. The maximum absolute atomic E-state index is 8.64. The molecule has 0 heterocycles. The van der Waals surface area contributed by atoms with E-state index in [0.717, 1.165) is 31.8 Å². The quantitative estimate of drug-likeness (QED) is 0.522. The van der Waals surface area contributed by atoms with Crippen molar-refractivity contribution in [2.45, 2.75) is 12.8 Å². The number of ether oxygens (including phenoxy) is 2. The van der Waals surface area contributed by atoms with Crippen molar-refractivity contribution < 1.29 is 9.47 Å². The smallest absolute Gasteiger partial charge is 0.121 e. The molecule has 0 aliphatic carbocycles. The molecule has 5 nitrogen and oxygen atoms in total. The van der Waals surface area contributed by atoms with Crippen LogP contribution in [-0.2, 0) is 4.74 Å². The van der Waals surface area contributed by atoms with E-state index in [1.54, 1.807) is 7.11 Å². The lowest BCUT2D eigenvalue weighted by Crippen LogP contribution is -2.30. The molecule has 0 spiro atoms. The molecule has 0 aliphatic rings. The summed E-state index contributed by atoms with van der Waals surface area (Å²) in [6.45, 7) is 3.84. The third-order valence-electron chi connectivity index (χ3n) is 2.90. The fourth-order valence-electron chi connectivity index (χ4n) is 1.85. The number of rotatable bonds is 10. The second kappa shape index (κ2) is 10.1. The maximum atomic E-state index is 8.64. The van der Waals surface area contributed by atoms with Crippen LogP contribution in [-0.4, -0.2) is 44.9 Å². The molecule has 2 N–H and O–H groups in total. The van der Waals surface area contributed by atoms with Crippen LogP contribution in [0.3, 0.4) is 0 Å². The molecule has 0 atom stereocenters. The highest BCUT2D eigenvalue weighted by atomic mass is 16.5. The molecular weight excluding hydrogens is 254 g/mol. The van der Waals surface area contributed by atoms with Gasteiger partial charge in [-0.1, -0.05) is 6.07 Å². The first-order valence-electron chi connectivity index (χ1n) is 6.83. The van der Waals surface area contributed by atoms with E-state index in [0.29, 0.717) is 25.3 Å². The molecule has 0 saturated carbocycles. The molecule has 0 fully saturated rings. The van der Waals surface area contributed by atoms with E-state index in [4.69, 9.17) is 20.5 Å².